The number of pyridine rings is 1. The SMILES string of the molecule is CN(Cc1nc2ccc(F)cc2[nH]1)C(=O)[C@H]1CC(=O)N(Cc2ccccn2)C1. The summed E-state index contributed by atoms with van der Waals surface area (Å²) in [6.45, 7) is 1.05. The normalized spacial score (nSPS) is 16.7. The second kappa shape index (κ2) is 7.38. The molecule has 1 fully saturated rings. The van der Waals surface area contributed by atoms with E-state index in [1.807, 2.05) is 18.2 Å². The lowest BCUT2D eigenvalue weighted by atomic mass is 10.1. The Labute approximate surface area is 161 Å². The van der Waals surface area contributed by atoms with Crippen LogP contribution in [0.2, 0.25) is 0 Å². The number of likely N-dealkylation sites (tertiary alicyclic amines) is 1. The maximum Gasteiger partial charge on any atom is 0.228 e. The van der Waals surface area contributed by atoms with E-state index in [9.17, 15) is 14.0 Å². The summed E-state index contributed by atoms with van der Waals surface area (Å²) in [4.78, 5) is 40.0. The number of rotatable bonds is 5. The van der Waals surface area contributed by atoms with Gasteiger partial charge in [-0.2, -0.15) is 0 Å². The minimum absolute atomic E-state index is 0.0448. The highest BCUT2D eigenvalue weighted by atomic mass is 19.1. The summed E-state index contributed by atoms with van der Waals surface area (Å²) in [5.41, 5.74) is 2.04. The third kappa shape index (κ3) is 3.71. The summed E-state index contributed by atoms with van der Waals surface area (Å²) in [6, 6.07) is 9.87. The molecule has 0 spiro atoms. The Morgan fingerprint density at radius 2 is 2.21 bits per heavy atom. The van der Waals surface area contributed by atoms with E-state index in [4.69, 9.17) is 0 Å². The molecule has 144 valence electrons. The van der Waals surface area contributed by atoms with Gasteiger partial charge in [0, 0.05) is 26.2 Å². The molecule has 0 bridgehead atoms. The van der Waals surface area contributed by atoms with Crippen LogP contribution in [0.25, 0.3) is 11.0 Å². The molecule has 7 nitrogen and oxygen atoms in total. The van der Waals surface area contributed by atoms with E-state index in [2.05, 4.69) is 15.0 Å². The van der Waals surface area contributed by atoms with E-state index in [1.54, 1.807) is 29.1 Å². The number of aromatic amines is 1. The van der Waals surface area contributed by atoms with Crippen molar-refractivity contribution in [2.75, 3.05) is 13.6 Å². The van der Waals surface area contributed by atoms with Crippen molar-refractivity contribution in [1.29, 1.82) is 0 Å². The zero-order chi connectivity index (χ0) is 19.7. The molecule has 0 radical (unpaired) electrons. The van der Waals surface area contributed by atoms with E-state index in [0.717, 1.165) is 5.69 Å². The number of benzene rings is 1. The zero-order valence-electron chi connectivity index (χ0n) is 15.4. The number of imidazole rings is 1. The number of hydrogen-bond donors (Lipinski definition) is 1. The number of nitrogens with one attached hydrogen (secondary N) is 1. The molecule has 8 heteroatoms. The quantitative estimate of drug-likeness (QED) is 0.734. The van der Waals surface area contributed by atoms with E-state index in [0.29, 0.717) is 29.9 Å². The molecule has 1 aliphatic heterocycles. The van der Waals surface area contributed by atoms with Crippen LogP contribution in [0.1, 0.15) is 17.9 Å². The van der Waals surface area contributed by atoms with Crippen LogP contribution in [0.4, 0.5) is 4.39 Å². The summed E-state index contributed by atoms with van der Waals surface area (Å²) >= 11 is 0. The summed E-state index contributed by atoms with van der Waals surface area (Å²) in [7, 11) is 1.68. The summed E-state index contributed by atoms with van der Waals surface area (Å²) in [6.07, 6.45) is 1.88. The van der Waals surface area contributed by atoms with Gasteiger partial charge in [-0.1, -0.05) is 6.07 Å². The first-order valence-corrected chi connectivity index (χ1v) is 9.06. The molecule has 1 N–H and O–H groups in total. The second-order valence-electron chi connectivity index (χ2n) is 7.04. The van der Waals surface area contributed by atoms with Gasteiger partial charge >= 0.3 is 0 Å². The Morgan fingerprint density at radius 1 is 1.36 bits per heavy atom. The van der Waals surface area contributed by atoms with Gasteiger partial charge in [0.1, 0.15) is 11.6 Å². The minimum atomic E-state index is -0.386. The molecule has 1 aliphatic rings. The number of carbonyl (C=O) groups is 2. The van der Waals surface area contributed by atoms with Crippen LogP contribution in [0.15, 0.2) is 42.6 Å². The van der Waals surface area contributed by atoms with Crippen molar-refractivity contribution in [3.63, 3.8) is 0 Å². The van der Waals surface area contributed by atoms with Gasteiger partial charge in [-0.25, -0.2) is 9.37 Å². The van der Waals surface area contributed by atoms with Gasteiger partial charge in [0.15, 0.2) is 0 Å². The topological polar surface area (TPSA) is 82.2 Å². The highest BCUT2D eigenvalue weighted by molar-refractivity contribution is 5.89. The first-order valence-electron chi connectivity index (χ1n) is 9.06. The highest BCUT2D eigenvalue weighted by Gasteiger charge is 2.36. The molecule has 1 saturated heterocycles. The minimum Gasteiger partial charge on any atom is -0.340 e. The van der Waals surface area contributed by atoms with Gasteiger partial charge in [-0.3, -0.25) is 14.6 Å². The number of aromatic nitrogens is 3. The van der Waals surface area contributed by atoms with Crippen molar-refractivity contribution in [3.05, 3.63) is 59.9 Å². The Hall–Kier alpha value is -3.29. The van der Waals surface area contributed by atoms with E-state index in [-0.39, 0.29) is 36.5 Å². The van der Waals surface area contributed by atoms with Crippen molar-refractivity contribution in [1.82, 2.24) is 24.8 Å². The second-order valence-corrected chi connectivity index (χ2v) is 7.04. The predicted octanol–water partition coefficient (Wildman–Crippen LogP) is 2.10. The predicted molar refractivity (Wildman–Crippen MR) is 100 cm³/mol. The lowest BCUT2D eigenvalue weighted by Gasteiger charge is -2.20. The summed E-state index contributed by atoms with van der Waals surface area (Å²) < 4.78 is 13.3. The molecule has 28 heavy (non-hydrogen) atoms. The third-order valence-electron chi connectivity index (χ3n) is 4.90. The van der Waals surface area contributed by atoms with E-state index >= 15 is 0 Å². The average Bonchev–Trinajstić information content (AvgIpc) is 3.24. The Balaban J connectivity index is 1.40. The molecule has 4 rings (SSSR count). The van der Waals surface area contributed by atoms with Crippen LogP contribution >= 0.6 is 0 Å². The number of nitrogens with zero attached hydrogens (tertiary/aromatic N) is 4. The largest absolute Gasteiger partial charge is 0.340 e. The van der Waals surface area contributed by atoms with Gasteiger partial charge in [-0.15, -0.1) is 0 Å². The van der Waals surface area contributed by atoms with Crippen LogP contribution in [-0.4, -0.2) is 50.2 Å². The number of hydrogen-bond acceptors (Lipinski definition) is 4. The lowest BCUT2D eigenvalue weighted by Crippen LogP contribution is -2.34. The Bertz CT molecular complexity index is 1020. The fourth-order valence-electron chi connectivity index (χ4n) is 3.50. The fraction of sp³-hybridized carbons (Fsp3) is 0.300. The first kappa shape index (κ1) is 18.1. The van der Waals surface area contributed by atoms with Crippen molar-refractivity contribution in [3.8, 4) is 0 Å². The monoisotopic (exact) mass is 381 g/mol. The average molecular weight is 381 g/mol. The van der Waals surface area contributed by atoms with Crippen LogP contribution < -0.4 is 0 Å². The molecule has 1 atom stereocenters. The number of carbonyl (C=O) groups excluding carboxylic acids is 2. The van der Waals surface area contributed by atoms with Gasteiger partial charge in [-0.05, 0) is 30.3 Å². The van der Waals surface area contributed by atoms with Crippen molar-refractivity contribution in [2.45, 2.75) is 19.5 Å². The maximum absolute atomic E-state index is 13.3. The van der Waals surface area contributed by atoms with Crippen LogP contribution in [0.5, 0.6) is 0 Å². The van der Waals surface area contributed by atoms with Gasteiger partial charge in [0.05, 0.1) is 35.7 Å². The summed E-state index contributed by atoms with van der Waals surface area (Å²) in [5, 5.41) is 0. The standard InChI is InChI=1S/C20H20FN5O2/c1-25(12-18-23-16-6-5-14(21)9-17(16)24-18)20(28)13-8-19(27)26(10-13)11-15-4-2-3-7-22-15/h2-7,9,13H,8,10-12H2,1H3,(H,23,24)/t13-/m0/s1. The van der Waals surface area contributed by atoms with Crippen molar-refractivity contribution < 1.29 is 14.0 Å². The molecular formula is C20H20FN5O2. The number of amides is 2. The number of halogens is 1. The lowest BCUT2D eigenvalue weighted by molar-refractivity contribution is -0.135. The Kier molecular flexibility index (Phi) is 4.77. The van der Waals surface area contributed by atoms with Crippen LogP contribution in [0, 0.1) is 11.7 Å². The third-order valence-corrected chi connectivity index (χ3v) is 4.90. The molecule has 0 saturated carbocycles. The number of fused-ring (bicyclic) bond motifs is 1. The number of H-pyrrole nitrogens is 1. The highest BCUT2D eigenvalue weighted by Crippen LogP contribution is 2.22. The van der Waals surface area contributed by atoms with Gasteiger partial charge < -0.3 is 14.8 Å². The van der Waals surface area contributed by atoms with E-state index in [1.165, 1.54) is 12.1 Å². The molecule has 0 unspecified atom stereocenters. The Morgan fingerprint density at radius 3 is 3.00 bits per heavy atom. The maximum atomic E-state index is 13.3. The molecule has 3 aromatic rings. The van der Waals surface area contributed by atoms with Gasteiger partial charge in [0.2, 0.25) is 11.8 Å². The molecular weight excluding hydrogens is 361 g/mol. The van der Waals surface area contributed by atoms with Crippen LogP contribution in [-0.2, 0) is 22.7 Å². The van der Waals surface area contributed by atoms with Crippen molar-refractivity contribution in [2.24, 2.45) is 5.92 Å². The molecule has 1 aromatic carbocycles. The molecule has 2 aromatic heterocycles. The van der Waals surface area contributed by atoms with Gasteiger partial charge in [0.25, 0.3) is 0 Å². The molecule has 3 heterocycles. The first-order chi connectivity index (χ1) is 13.5. The smallest absolute Gasteiger partial charge is 0.228 e. The fourth-order valence-corrected chi connectivity index (χ4v) is 3.50. The van der Waals surface area contributed by atoms with Crippen molar-refractivity contribution >= 4 is 22.8 Å². The molecule has 0 aliphatic carbocycles. The summed E-state index contributed by atoms with van der Waals surface area (Å²) in [5.74, 6) is -0.307. The zero-order valence-corrected chi connectivity index (χ0v) is 15.4. The molecule has 2 amide bonds. The van der Waals surface area contributed by atoms with E-state index < -0.39 is 0 Å². The van der Waals surface area contributed by atoms with Crippen LogP contribution in [0.3, 0.4) is 0 Å².